The SMILES string of the molecule is CCOC(=O)C1C2C=CC(C2)C1NC(=O)c1nn(C2CCCCC2)c2c1CCCCC2Cc1cccc(F)c1. The number of nitrogens with zero attached hydrogens (tertiary/aromatic N) is 2. The number of hydrogen-bond donors (Lipinski definition) is 1. The molecule has 1 heterocycles. The van der Waals surface area contributed by atoms with Gasteiger partial charge in [-0.05, 0) is 81.4 Å². The molecule has 7 heteroatoms. The molecule has 1 amide bonds. The molecule has 1 aromatic heterocycles. The number of hydrogen-bond acceptors (Lipinski definition) is 4. The van der Waals surface area contributed by atoms with Crippen molar-refractivity contribution in [1.82, 2.24) is 15.1 Å². The first-order chi connectivity index (χ1) is 19.0. The minimum Gasteiger partial charge on any atom is -0.466 e. The van der Waals surface area contributed by atoms with Gasteiger partial charge in [0.1, 0.15) is 5.82 Å². The Morgan fingerprint density at radius 2 is 1.87 bits per heavy atom. The summed E-state index contributed by atoms with van der Waals surface area (Å²) in [5, 5.41) is 8.33. The predicted molar refractivity (Wildman–Crippen MR) is 147 cm³/mol. The maximum absolute atomic E-state index is 14.1. The van der Waals surface area contributed by atoms with Crippen LogP contribution in [0.15, 0.2) is 36.4 Å². The predicted octanol–water partition coefficient (Wildman–Crippen LogP) is 6.06. The van der Waals surface area contributed by atoms with E-state index in [1.54, 1.807) is 12.1 Å². The van der Waals surface area contributed by atoms with Gasteiger partial charge in [0.15, 0.2) is 5.69 Å². The summed E-state index contributed by atoms with van der Waals surface area (Å²) in [4.78, 5) is 26.8. The topological polar surface area (TPSA) is 73.2 Å². The number of allylic oxidation sites excluding steroid dienone is 1. The Balaban J connectivity index is 1.34. The second kappa shape index (κ2) is 11.3. The summed E-state index contributed by atoms with van der Waals surface area (Å²) < 4.78 is 21.7. The summed E-state index contributed by atoms with van der Waals surface area (Å²) in [6.07, 6.45) is 15.5. The smallest absolute Gasteiger partial charge is 0.311 e. The normalized spacial score (nSPS) is 28.2. The molecule has 4 aliphatic carbocycles. The minimum atomic E-state index is -0.344. The fourth-order valence-corrected chi connectivity index (χ4v) is 7.72. The quantitative estimate of drug-likeness (QED) is 0.267. The number of amides is 1. The van der Waals surface area contributed by atoms with Crippen LogP contribution in [-0.4, -0.2) is 34.3 Å². The van der Waals surface area contributed by atoms with E-state index >= 15 is 0 Å². The third-order valence-corrected chi connectivity index (χ3v) is 9.49. The molecule has 1 N–H and O–H groups in total. The molecule has 0 aliphatic heterocycles. The maximum Gasteiger partial charge on any atom is 0.311 e. The lowest BCUT2D eigenvalue weighted by molar-refractivity contribution is -0.149. The third-order valence-electron chi connectivity index (χ3n) is 9.49. The Morgan fingerprint density at radius 3 is 2.67 bits per heavy atom. The molecular weight excluding hydrogens is 493 g/mol. The molecule has 208 valence electrons. The number of rotatable bonds is 7. The molecule has 6 rings (SSSR count). The van der Waals surface area contributed by atoms with E-state index in [1.807, 2.05) is 13.0 Å². The van der Waals surface area contributed by atoms with E-state index in [-0.39, 0.29) is 47.4 Å². The van der Waals surface area contributed by atoms with E-state index in [0.29, 0.717) is 18.3 Å². The molecule has 2 saturated carbocycles. The zero-order chi connectivity index (χ0) is 26.9. The molecule has 1 aromatic carbocycles. The van der Waals surface area contributed by atoms with E-state index in [2.05, 4.69) is 22.2 Å². The van der Waals surface area contributed by atoms with Gasteiger partial charge in [0.05, 0.1) is 18.6 Å². The number of nitrogens with one attached hydrogen (secondary N) is 1. The second-order valence-corrected chi connectivity index (χ2v) is 12.0. The monoisotopic (exact) mass is 533 g/mol. The number of fused-ring (bicyclic) bond motifs is 3. The van der Waals surface area contributed by atoms with Crippen molar-refractivity contribution in [2.45, 2.75) is 95.6 Å². The van der Waals surface area contributed by atoms with Crippen molar-refractivity contribution in [3.05, 3.63) is 64.7 Å². The largest absolute Gasteiger partial charge is 0.466 e. The number of carbonyl (C=O) groups excluding carboxylic acids is 2. The highest BCUT2D eigenvalue weighted by molar-refractivity contribution is 5.95. The number of ether oxygens (including phenoxy) is 1. The Bertz CT molecular complexity index is 1250. The summed E-state index contributed by atoms with van der Waals surface area (Å²) in [6, 6.07) is 6.93. The average molecular weight is 534 g/mol. The van der Waals surface area contributed by atoms with Gasteiger partial charge < -0.3 is 10.1 Å². The summed E-state index contributed by atoms with van der Waals surface area (Å²) in [6.45, 7) is 2.16. The van der Waals surface area contributed by atoms with Crippen LogP contribution in [0.2, 0.25) is 0 Å². The number of carbonyl (C=O) groups is 2. The Morgan fingerprint density at radius 1 is 1.08 bits per heavy atom. The molecule has 39 heavy (non-hydrogen) atoms. The number of halogens is 1. The lowest BCUT2D eigenvalue weighted by atomic mass is 9.88. The molecule has 0 saturated heterocycles. The maximum atomic E-state index is 14.1. The van der Waals surface area contributed by atoms with Crippen molar-refractivity contribution in [3.8, 4) is 0 Å². The van der Waals surface area contributed by atoms with E-state index in [4.69, 9.17) is 9.84 Å². The molecular formula is C32H40FN3O3. The van der Waals surface area contributed by atoms with Gasteiger partial charge in [-0.2, -0.15) is 5.10 Å². The molecule has 2 aromatic rings. The fourth-order valence-electron chi connectivity index (χ4n) is 7.72. The Kier molecular flexibility index (Phi) is 7.59. The molecule has 5 atom stereocenters. The van der Waals surface area contributed by atoms with Crippen molar-refractivity contribution >= 4 is 11.9 Å². The fraction of sp³-hybridized carbons (Fsp3) is 0.594. The van der Waals surface area contributed by atoms with Gasteiger partial charge in [0.2, 0.25) is 0 Å². The van der Waals surface area contributed by atoms with Crippen molar-refractivity contribution in [2.24, 2.45) is 17.8 Å². The number of benzene rings is 1. The van der Waals surface area contributed by atoms with Gasteiger partial charge in [-0.15, -0.1) is 0 Å². The van der Waals surface area contributed by atoms with Gasteiger partial charge >= 0.3 is 5.97 Å². The highest BCUT2D eigenvalue weighted by atomic mass is 19.1. The molecule has 4 aliphatic rings. The van der Waals surface area contributed by atoms with E-state index in [0.717, 1.165) is 62.5 Å². The van der Waals surface area contributed by atoms with Crippen LogP contribution in [0.25, 0.3) is 0 Å². The van der Waals surface area contributed by atoms with Crippen LogP contribution in [0.3, 0.4) is 0 Å². The minimum absolute atomic E-state index is 0.118. The number of aromatic nitrogens is 2. The molecule has 0 radical (unpaired) electrons. The van der Waals surface area contributed by atoms with Gasteiger partial charge in [0, 0.05) is 23.2 Å². The average Bonchev–Trinajstić information content (AvgIpc) is 3.61. The van der Waals surface area contributed by atoms with Crippen molar-refractivity contribution < 1.29 is 18.7 Å². The summed E-state index contributed by atoms with van der Waals surface area (Å²) in [5.41, 5.74) is 3.75. The summed E-state index contributed by atoms with van der Waals surface area (Å²) in [5.74, 6) is -0.492. The third kappa shape index (κ3) is 5.17. The first-order valence-electron chi connectivity index (χ1n) is 15.0. The van der Waals surface area contributed by atoms with Crippen LogP contribution in [0.1, 0.15) is 104 Å². The zero-order valence-electron chi connectivity index (χ0n) is 22.9. The molecule has 6 nitrogen and oxygen atoms in total. The Labute approximate surface area is 230 Å². The van der Waals surface area contributed by atoms with Crippen molar-refractivity contribution in [2.75, 3.05) is 6.61 Å². The van der Waals surface area contributed by atoms with Crippen molar-refractivity contribution in [3.63, 3.8) is 0 Å². The standard InChI is InChI=1S/C32H40FN3O3/c1-2-39-32(38)27-21-15-16-22(19-21)28(27)34-31(37)29-26-14-7-6-10-23(17-20-9-8-11-24(33)18-20)30(26)36(35-29)25-12-4-3-5-13-25/h8-9,11,15-16,18,21-23,25,27-28H,2-7,10,12-14,17,19H2,1H3,(H,34,37). The molecule has 2 fully saturated rings. The Hall–Kier alpha value is -2.96. The zero-order valence-corrected chi connectivity index (χ0v) is 22.9. The molecule has 5 unspecified atom stereocenters. The van der Waals surface area contributed by atoms with Crippen LogP contribution in [0.5, 0.6) is 0 Å². The molecule has 2 bridgehead atoms. The lowest BCUT2D eigenvalue weighted by Crippen LogP contribution is -2.46. The second-order valence-electron chi connectivity index (χ2n) is 12.0. The van der Waals surface area contributed by atoms with Crippen LogP contribution in [0.4, 0.5) is 4.39 Å². The lowest BCUT2D eigenvalue weighted by Gasteiger charge is -2.27. The van der Waals surface area contributed by atoms with Gasteiger partial charge in [0.25, 0.3) is 5.91 Å². The van der Waals surface area contributed by atoms with Crippen LogP contribution >= 0.6 is 0 Å². The van der Waals surface area contributed by atoms with E-state index in [9.17, 15) is 14.0 Å². The van der Waals surface area contributed by atoms with E-state index in [1.165, 1.54) is 31.0 Å². The van der Waals surface area contributed by atoms with Crippen molar-refractivity contribution in [1.29, 1.82) is 0 Å². The summed E-state index contributed by atoms with van der Waals surface area (Å²) >= 11 is 0. The molecule has 0 spiro atoms. The van der Waals surface area contributed by atoms with Gasteiger partial charge in [-0.25, -0.2) is 4.39 Å². The van der Waals surface area contributed by atoms with Crippen LogP contribution in [0, 0.1) is 23.6 Å². The number of esters is 1. The first-order valence-corrected chi connectivity index (χ1v) is 15.0. The highest BCUT2D eigenvalue weighted by Crippen LogP contribution is 2.45. The van der Waals surface area contributed by atoms with Gasteiger partial charge in [-0.3, -0.25) is 14.3 Å². The summed E-state index contributed by atoms with van der Waals surface area (Å²) in [7, 11) is 0. The van der Waals surface area contributed by atoms with Crippen LogP contribution < -0.4 is 5.32 Å². The van der Waals surface area contributed by atoms with Gasteiger partial charge in [-0.1, -0.05) is 50.0 Å². The first kappa shape index (κ1) is 26.3. The van der Waals surface area contributed by atoms with E-state index < -0.39 is 0 Å². The van der Waals surface area contributed by atoms with Crippen LogP contribution in [-0.2, 0) is 22.4 Å². The highest BCUT2D eigenvalue weighted by Gasteiger charge is 2.50.